The number of methoxy groups -OCH3 is 1. The number of ether oxygens (including phenoxy) is 1. The van der Waals surface area contributed by atoms with E-state index in [1.807, 2.05) is 50.2 Å². The van der Waals surface area contributed by atoms with Gasteiger partial charge in [0.25, 0.3) is 0 Å². The molecule has 0 radical (unpaired) electrons. The molecule has 3 aromatic rings. The Bertz CT molecular complexity index is 1490. The van der Waals surface area contributed by atoms with Gasteiger partial charge < -0.3 is 15.0 Å². The molecule has 8 nitrogen and oxygen atoms in total. The van der Waals surface area contributed by atoms with Crippen molar-refractivity contribution in [2.75, 3.05) is 24.2 Å². The Hall–Kier alpha value is -3.27. The number of hydrogen-bond acceptors (Lipinski definition) is 5. The molecule has 0 fully saturated rings. The summed E-state index contributed by atoms with van der Waals surface area (Å²) < 4.78 is 31.8. The van der Waals surface area contributed by atoms with Crippen LogP contribution in [0, 0.1) is 0 Å². The second-order valence-corrected chi connectivity index (χ2v) is 13.2. The van der Waals surface area contributed by atoms with Gasteiger partial charge in [0, 0.05) is 37.0 Å². The summed E-state index contributed by atoms with van der Waals surface area (Å²) in [6, 6.07) is 20.6. The summed E-state index contributed by atoms with van der Waals surface area (Å²) in [6.07, 6.45) is 2.39. The lowest BCUT2D eigenvalue weighted by atomic mass is 10.0. The third-order valence-electron chi connectivity index (χ3n) is 7.09. The molecule has 0 bridgehead atoms. The maximum Gasteiger partial charge on any atom is 0.243 e. The Morgan fingerprint density at radius 1 is 0.977 bits per heavy atom. The molecule has 0 saturated heterocycles. The van der Waals surface area contributed by atoms with Gasteiger partial charge in [-0.3, -0.25) is 13.9 Å². The molecule has 0 aliphatic rings. The first-order chi connectivity index (χ1) is 20.4. The number of benzene rings is 3. The highest BCUT2D eigenvalue weighted by atomic mass is 35.5. The summed E-state index contributed by atoms with van der Waals surface area (Å²) in [6.45, 7) is 4.11. The van der Waals surface area contributed by atoms with Crippen LogP contribution in [0.15, 0.2) is 72.8 Å². The average molecular weight is 649 g/mol. The summed E-state index contributed by atoms with van der Waals surface area (Å²) >= 11 is 12.5. The Morgan fingerprint density at radius 3 is 2.28 bits per heavy atom. The maximum atomic E-state index is 13.9. The summed E-state index contributed by atoms with van der Waals surface area (Å²) in [4.78, 5) is 29.2. The minimum absolute atomic E-state index is 0.0123. The minimum Gasteiger partial charge on any atom is -0.495 e. The van der Waals surface area contributed by atoms with E-state index < -0.39 is 16.1 Å². The standard InChI is InChI=1S/C32H39Cl2N3O5S/c1-5-23(2)35-32(39)29(20-24-11-7-6-8-12-24)36(22-25-13-9-14-26(33)19-25)31(38)15-10-18-37(43(4,40)41)27-16-17-30(42-3)28(34)21-27/h6-9,11-14,16-17,19,21,23,29H,5,10,15,18,20,22H2,1-4H3,(H,35,39)/t23-,29+/m1/s1. The number of rotatable bonds is 15. The summed E-state index contributed by atoms with van der Waals surface area (Å²) in [5.41, 5.74) is 2.06. The van der Waals surface area contributed by atoms with Crippen LogP contribution in [0.3, 0.4) is 0 Å². The molecule has 1 N–H and O–H groups in total. The lowest BCUT2D eigenvalue weighted by Crippen LogP contribution is -2.52. The molecule has 0 heterocycles. The summed E-state index contributed by atoms with van der Waals surface area (Å²) in [7, 11) is -2.21. The molecule has 2 atom stereocenters. The highest BCUT2D eigenvalue weighted by Crippen LogP contribution is 2.30. The summed E-state index contributed by atoms with van der Waals surface area (Å²) in [5, 5.41) is 3.84. The Balaban J connectivity index is 1.90. The van der Waals surface area contributed by atoms with Crippen LogP contribution in [-0.4, -0.2) is 57.1 Å². The second-order valence-electron chi connectivity index (χ2n) is 10.4. The Kier molecular flexibility index (Phi) is 12.7. The molecule has 0 spiro atoms. The van der Waals surface area contributed by atoms with Gasteiger partial charge in [-0.05, 0) is 61.2 Å². The third-order valence-corrected chi connectivity index (χ3v) is 8.81. The van der Waals surface area contributed by atoms with Gasteiger partial charge in [0.2, 0.25) is 21.8 Å². The Morgan fingerprint density at radius 2 is 1.67 bits per heavy atom. The van der Waals surface area contributed by atoms with Crippen molar-refractivity contribution in [2.24, 2.45) is 0 Å². The van der Waals surface area contributed by atoms with Gasteiger partial charge in [-0.2, -0.15) is 0 Å². The fraction of sp³-hybridized carbons (Fsp3) is 0.375. The predicted octanol–water partition coefficient (Wildman–Crippen LogP) is 6.10. The fourth-order valence-electron chi connectivity index (χ4n) is 4.64. The molecule has 2 amide bonds. The van der Waals surface area contributed by atoms with E-state index in [2.05, 4.69) is 5.32 Å². The van der Waals surface area contributed by atoms with Gasteiger partial charge in [-0.25, -0.2) is 8.42 Å². The number of anilines is 1. The van der Waals surface area contributed by atoms with Crippen LogP contribution in [0.4, 0.5) is 5.69 Å². The van der Waals surface area contributed by atoms with E-state index in [1.54, 1.807) is 35.2 Å². The van der Waals surface area contributed by atoms with Gasteiger partial charge in [0.05, 0.1) is 24.1 Å². The van der Waals surface area contributed by atoms with E-state index in [9.17, 15) is 18.0 Å². The molecule has 0 aromatic heterocycles. The zero-order valence-electron chi connectivity index (χ0n) is 24.9. The van der Waals surface area contributed by atoms with Crippen molar-refractivity contribution in [1.29, 1.82) is 0 Å². The zero-order chi connectivity index (χ0) is 31.6. The van der Waals surface area contributed by atoms with Crippen molar-refractivity contribution in [1.82, 2.24) is 10.2 Å². The molecular weight excluding hydrogens is 609 g/mol. The SMILES string of the molecule is CC[C@@H](C)NC(=O)[C@H](Cc1ccccc1)N(Cc1cccc(Cl)c1)C(=O)CCCN(c1ccc(OC)c(Cl)c1)S(C)(=O)=O. The zero-order valence-corrected chi connectivity index (χ0v) is 27.3. The van der Waals surface area contributed by atoms with E-state index in [0.717, 1.165) is 23.8 Å². The van der Waals surface area contributed by atoms with E-state index in [1.165, 1.54) is 17.5 Å². The molecule has 43 heavy (non-hydrogen) atoms. The van der Waals surface area contributed by atoms with Crippen LogP contribution in [0.1, 0.15) is 44.2 Å². The number of nitrogens with zero attached hydrogens (tertiary/aromatic N) is 2. The topological polar surface area (TPSA) is 96.0 Å². The lowest BCUT2D eigenvalue weighted by molar-refractivity contribution is -0.141. The lowest BCUT2D eigenvalue weighted by Gasteiger charge is -2.32. The molecule has 3 aromatic carbocycles. The van der Waals surface area contributed by atoms with Crippen LogP contribution in [0.2, 0.25) is 10.0 Å². The van der Waals surface area contributed by atoms with Crippen LogP contribution in [0.5, 0.6) is 5.75 Å². The molecule has 3 rings (SSSR count). The van der Waals surface area contributed by atoms with Gasteiger partial charge in [-0.1, -0.05) is 72.6 Å². The monoisotopic (exact) mass is 647 g/mol. The number of amides is 2. The smallest absolute Gasteiger partial charge is 0.243 e. The number of hydrogen-bond donors (Lipinski definition) is 1. The van der Waals surface area contributed by atoms with Crippen molar-refractivity contribution < 1.29 is 22.7 Å². The van der Waals surface area contributed by atoms with Gasteiger partial charge in [0.1, 0.15) is 11.8 Å². The first-order valence-electron chi connectivity index (χ1n) is 14.1. The van der Waals surface area contributed by atoms with Gasteiger partial charge in [-0.15, -0.1) is 0 Å². The first kappa shape index (κ1) is 34.2. The molecule has 0 aliphatic heterocycles. The quantitative estimate of drug-likeness (QED) is 0.215. The number of halogens is 2. The number of carbonyl (C=O) groups excluding carboxylic acids is 2. The van der Waals surface area contributed by atoms with E-state index in [0.29, 0.717) is 22.9 Å². The van der Waals surface area contributed by atoms with E-state index >= 15 is 0 Å². The minimum atomic E-state index is -3.68. The van der Waals surface area contributed by atoms with Crippen molar-refractivity contribution in [3.8, 4) is 5.75 Å². The van der Waals surface area contributed by atoms with Crippen LogP contribution in [0.25, 0.3) is 0 Å². The molecular formula is C32H39Cl2N3O5S. The highest BCUT2D eigenvalue weighted by molar-refractivity contribution is 7.92. The van der Waals surface area contributed by atoms with Crippen LogP contribution in [-0.2, 0) is 32.6 Å². The molecule has 0 unspecified atom stereocenters. The average Bonchev–Trinajstić information content (AvgIpc) is 2.96. The van der Waals surface area contributed by atoms with Crippen LogP contribution < -0.4 is 14.4 Å². The molecule has 0 aliphatic carbocycles. The normalized spacial score (nSPS) is 12.7. The number of sulfonamides is 1. The maximum absolute atomic E-state index is 13.9. The predicted molar refractivity (Wildman–Crippen MR) is 173 cm³/mol. The largest absolute Gasteiger partial charge is 0.495 e. The third kappa shape index (κ3) is 10.2. The van der Waals surface area contributed by atoms with Crippen molar-refractivity contribution in [2.45, 2.75) is 58.2 Å². The fourth-order valence-corrected chi connectivity index (χ4v) is 6.06. The van der Waals surface area contributed by atoms with Crippen molar-refractivity contribution in [3.05, 3.63) is 94.0 Å². The number of nitrogens with one attached hydrogen (secondary N) is 1. The summed E-state index contributed by atoms with van der Waals surface area (Å²) in [5.74, 6) is -0.105. The van der Waals surface area contributed by atoms with Crippen molar-refractivity contribution >= 4 is 50.7 Å². The molecule has 232 valence electrons. The Labute approximate surface area is 265 Å². The van der Waals surface area contributed by atoms with Gasteiger partial charge in [0.15, 0.2) is 0 Å². The highest BCUT2D eigenvalue weighted by Gasteiger charge is 2.31. The van der Waals surface area contributed by atoms with E-state index in [-0.39, 0.29) is 48.8 Å². The molecule has 11 heteroatoms. The van der Waals surface area contributed by atoms with Crippen molar-refractivity contribution in [3.63, 3.8) is 0 Å². The van der Waals surface area contributed by atoms with E-state index in [4.69, 9.17) is 27.9 Å². The second kappa shape index (κ2) is 16.0. The number of carbonyl (C=O) groups is 2. The van der Waals surface area contributed by atoms with Crippen LogP contribution >= 0.6 is 23.2 Å². The molecule has 0 saturated carbocycles. The first-order valence-corrected chi connectivity index (χ1v) is 16.7. The van der Waals surface area contributed by atoms with Gasteiger partial charge >= 0.3 is 0 Å².